The molecule has 5 fully saturated rings. The summed E-state index contributed by atoms with van der Waals surface area (Å²) >= 11 is 0. The maximum Gasteiger partial charge on any atom is 0.0616 e. The van der Waals surface area contributed by atoms with Gasteiger partial charge in [-0.15, -0.1) is 0 Å². The number of aliphatic hydroxyl groups excluding tert-OH is 1. The molecule has 0 spiro atoms. The van der Waals surface area contributed by atoms with Crippen molar-refractivity contribution in [3.8, 4) is 0 Å². The topological polar surface area (TPSA) is 46.2 Å². The fourth-order valence-electron chi connectivity index (χ4n) is 5.93. The minimum atomic E-state index is -0.220. The Bertz CT molecular complexity index is 297. The lowest BCUT2D eigenvalue weighted by molar-refractivity contribution is -0.0860. The van der Waals surface area contributed by atoms with E-state index >= 15 is 0 Å². The molecule has 5 aliphatic carbocycles. The SMILES string of the molecule is NC(CO)(C1CC1)C1C2CC3CC(C2)CC1C3. The highest BCUT2D eigenvalue weighted by Crippen LogP contribution is 2.61. The first-order chi connectivity index (χ1) is 8.20. The van der Waals surface area contributed by atoms with E-state index < -0.39 is 0 Å². The molecular weight excluding hydrogens is 210 g/mol. The monoisotopic (exact) mass is 235 g/mol. The molecule has 5 aliphatic rings. The lowest BCUT2D eigenvalue weighted by Gasteiger charge is -2.59. The van der Waals surface area contributed by atoms with E-state index in [4.69, 9.17) is 5.73 Å². The molecule has 17 heavy (non-hydrogen) atoms. The van der Waals surface area contributed by atoms with Gasteiger partial charge in [0, 0.05) is 5.54 Å². The van der Waals surface area contributed by atoms with Gasteiger partial charge in [-0.05, 0) is 80.5 Å². The number of hydrogen-bond donors (Lipinski definition) is 2. The largest absolute Gasteiger partial charge is 0.394 e. The van der Waals surface area contributed by atoms with Crippen molar-refractivity contribution in [1.82, 2.24) is 0 Å². The van der Waals surface area contributed by atoms with Gasteiger partial charge in [-0.2, -0.15) is 0 Å². The van der Waals surface area contributed by atoms with Crippen LogP contribution in [0, 0.1) is 35.5 Å². The second-order valence-electron chi connectivity index (χ2n) is 7.50. The summed E-state index contributed by atoms with van der Waals surface area (Å²) in [5, 5.41) is 9.86. The lowest BCUT2D eigenvalue weighted by atomic mass is 9.48. The van der Waals surface area contributed by atoms with Crippen LogP contribution in [-0.4, -0.2) is 17.3 Å². The third-order valence-corrected chi connectivity index (χ3v) is 6.46. The Morgan fingerprint density at radius 3 is 1.88 bits per heavy atom. The molecule has 96 valence electrons. The van der Waals surface area contributed by atoms with E-state index in [1.165, 1.54) is 44.9 Å². The van der Waals surface area contributed by atoms with Crippen molar-refractivity contribution < 1.29 is 5.11 Å². The predicted molar refractivity (Wildman–Crippen MR) is 67.3 cm³/mol. The van der Waals surface area contributed by atoms with E-state index in [0.717, 1.165) is 23.7 Å². The van der Waals surface area contributed by atoms with Crippen molar-refractivity contribution in [2.45, 2.75) is 50.5 Å². The van der Waals surface area contributed by atoms with Crippen LogP contribution in [0.1, 0.15) is 44.9 Å². The summed E-state index contributed by atoms with van der Waals surface area (Å²) in [6.07, 6.45) is 9.71. The summed E-state index contributed by atoms with van der Waals surface area (Å²) in [6, 6.07) is 0. The Kier molecular flexibility index (Phi) is 2.21. The molecule has 1 unspecified atom stereocenters. The first-order valence-corrected chi connectivity index (χ1v) is 7.60. The first kappa shape index (κ1) is 10.8. The first-order valence-electron chi connectivity index (χ1n) is 7.60. The maximum absolute atomic E-state index is 9.86. The van der Waals surface area contributed by atoms with Gasteiger partial charge in [-0.3, -0.25) is 0 Å². The molecule has 0 aromatic rings. The number of nitrogens with two attached hydrogens (primary N) is 1. The van der Waals surface area contributed by atoms with Gasteiger partial charge in [0.1, 0.15) is 0 Å². The molecule has 3 N–H and O–H groups in total. The quantitative estimate of drug-likeness (QED) is 0.787. The van der Waals surface area contributed by atoms with Crippen LogP contribution >= 0.6 is 0 Å². The zero-order valence-electron chi connectivity index (χ0n) is 10.6. The fourth-order valence-corrected chi connectivity index (χ4v) is 5.93. The van der Waals surface area contributed by atoms with Gasteiger partial charge in [0.2, 0.25) is 0 Å². The van der Waals surface area contributed by atoms with E-state index in [1.807, 2.05) is 0 Å². The summed E-state index contributed by atoms with van der Waals surface area (Å²) < 4.78 is 0. The molecular formula is C15H25NO. The minimum Gasteiger partial charge on any atom is -0.394 e. The van der Waals surface area contributed by atoms with E-state index in [-0.39, 0.29) is 12.1 Å². The van der Waals surface area contributed by atoms with Crippen LogP contribution in [0.25, 0.3) is 0 Å². The van der Waals surface area contributed by atoms with Gasteiger partial charge in [0.15, 0.2) is 0 Å². The number of hydrogen-bond acceptors (Lipinski definition) is 2. The summed E-state index contributed by atoms with van der Waals surface area (Å²) in [5.74, 6) is 5.00. The third kappa shape index (κ3) is 1.46. The summed E-state index contributed by atoms with van der Waals surface area (Å²) in [7, 11) is 0. The van der Waals surface area contributed by atoms with E-state index in [9.17, 15) is 5.11 Å². The Morgan fingerprint density at radius 1 is 0.941 bits per heavy atom. The van der Waals surface area contributed by atoms with Crippen molar-refractivity contribution in [3.05, 3.63) is 0 Å². The van der Waals surface area contributed by atoms with Gasteiger partial charge in [0.25, 0.3) is 0 Å². The molecule has 0 aromatic heterocycles. The molecule has 2 heteroatoms. The normalized spacial score (nSPS) is 51.5. The second-order valence-corrected chi connectivity index (χ2v) is 7.50. The van der Waals surface area contributed by atoms with Crippen LogP contribution in [0.2, 0.25) is 0 Å². The molecule has 5 saturated carbocycles. The van der Waals surface area contributed by atoms with Crippen LogP contribution < -0.4 is 5.73 Å². The van der Waals surface area contributed by atoms with E-state index in [0.29, 0.717) is 11.8 Å². The van der Waals surface area contributed by atoms with Crippen molar-refractivity contribution >= 4 is 0 Å². The van der Waals surface area contributed by atoms with Crippen molar-refractivity contribution in [2.24, 2.45) is 41.2 Å². The Balaban J connectivity index is 1.65. The third-order valence-electron chi connectivity index (χ3n) is 6.46. The highest BCUT2D eigenvalue weighted by Gasteiger charge is 2.58. The highest BCUT2D eigenvalue weighted by atomic mass is 16.3. The molecule has 0 aliphatic heterocycles. The van der Waals surface area contributed by atoms with Gasteiger partial charge < -0.3 is 10.8 Å². The average molecular weight is 235 g/mol. The lowest BCUT2D eigenvalue weighted by Crippen LogP contribution is -2.62. The molecule has 0 saturated heterocycles. The molecule has 4 bridgehead atoms. The van der Waals surface area contributed by atoms with Crippen molar-refractivity contribution in [1.29, 1.82) is 0 Å². The molecule has 0 radical (unpaired) electrons. The second kappa shape index (κ2) is 3.48. The van der Waals surface area contributed by atoms with E-state index in [1.54, 1.807) is 0 Å². The Labute approximate surface area is 104 Å². The molecule has 0 amide bonds. The van der Waals surface area contributed by atoms with Crippen molar-refractivity contribution in [3.63, 3.8) is 0 Å². The zero-order valence-corrected chi connectivity index (χ0v) is 10.6. The molecule has 0 aromatic carbocycles. The Hall–Kier alpha value is -0.0800. The van der Waals surface area contributed by atoms with Crippen LogP contribution in [-0.2, 0) is 0 Å². The summed E-state index contributed by atoms with van der Waals surface area (Å²) in [4.78, 5) is 0. The van der Waals surface area contributed by atoms with E-state index in [2.05, 4.69) is 0 Å². The number of aliphatic hydroxyl groups is 1. The van der Waals surface area contributed by atoms with Crippen LogP contribution in [0.15, 0.2) is 0 Å². The molecule has 5 rings (SSSR count). The molecule has 1 atom stereocenters. The number of rotatable bonds is 3. The summed E-state index contributed by atoms with van der Waals surface area (Å²) in [5.41, 5.74) is 6.46. The minimum absolute atomic E-state index is 0.220. The summed E-state index contributed by atoms with van der Waals surface area (Å²) in [6.45, 7) is 0.227. The van der Waals surface area contributed by atoms with Crippen LogP contribution in [0.4, 0.5) is 0 Å². The molecule has 0 heterocycles. The van der Waals surface area contributed by atoms with Gasteiger partial charge >= 0.3 is 0 Å². The highest BCUT2D eigenvalue weighted by molar-refractivity contribution is 5.11. The van der Waals surface area contributed by atoms with Gasteiger partial charge in [-0.25, -0.2) is 0 Å². The Morgan fingerprint density at radius 2 is 1.47 bits per heavy atom. The standard InChI is InChI=1S/C15H25NO/c16-15(8-17,13-1-2-13)14-11-4-9-3-10(6-11)7-12(14)5-9/h9-14,17H,1-8,16H2. The smallest absolute Gasteiger partial charge is 0.0616 e. The fraction of sp³-hybridized carbons (Fsp3) is 1.00. The van der Waals surface area contributed by atoms with Gasteiger partial charge in [-0.1, -0.05) is 0 Å². The molecule has 2 nitrogen and oxygen atoms in total. The van der Waals surface area contributed by atoms with Crippen LogP contribution in [0.3, 0.4) is 0 Å². The van der Waals surface area contributed by atoms with Crippen molar-refractivity contribution in [2.75, 3.05) is 6.61 Å². The average Bonchev–Trinajstić information content (AvgIpc) is 3.11. The maximum atomic E-state index is 9.86. The van der Waals surface area contributed by atoms with Gasteiger partial charge in [0.05, 0.1) is 6.61 Å². The zero-order chi connectivity index (χ0) is 11.6. The van der Waals surface area contributed by atoms with Crippen LogP contribution in [0.5, 0.6) is 0 Å². The predicted octanol–water partition coefficient (Wildman–Crippen LogP) is 2.16.